The van der Waals surface area contributed by atoms with Crippen molar-refractivity contribution >= 4 is 5.96 Å². The second-order valence-electron chi connectivity index (χ2n) is 4.64. The Morgan fingerprint density at radius 2 is 2.10 bits per heavy atom. The molecule has 0 bridgehead atoms. The van der Waals surface area contributed by atoms with Crippen molar-refractivity contribution in [1.82, 2.24) is 10.6 Å². The minimum absolute atomic E-state index is 0.743. The summed E-state index contributed by atoms with van der Waals surface area (Å²) in [5.74, 6) is 1.75. The van der Waals surface area contributed by atoms with Crippen LogP contribution < -0.4 is 15.4 Å². The second kappa shape index (κ2) is 11.0. The number of hydrogen-bond acceptors (Lipinski definition) is 3. The molecule has 5 heteroatoms. The molecule has 0 aliphatic heterocycles. The molecular weight excluding hydrogens is 266 g/mol. The molecule has 0 radical (unpaired) electrons. The van der Waals surface area contributed by atoms with Gasteiger partial charge in [-0.3, -0.25) is 4.99 Å². The Morgan fingerprint density at radius 3 is 2.81 bits per heavy atom. The Labute approximate surface area is 127 Å². The first-order valence-electron chi connectivity index (χ1n) is 7.44. The number of aliphatic imine (C=N–C) groups is 1. The van der Waals surface area contributed by atoms with Crippen LogP contribution in [0.25, 0.3) is 0 Å². The summed E-state index contributed by atoms with van der Waals surface area (Å²) >= 11 is 0. The molecule has 0 spiro atoms. The third-order valence-electron chi connectivity index (χ3n) is 2.96. The van der Waals surface area contributed by atoms with E-state index in [2.05, 4.69) is 34.7 Å². The first kappa shape index (κ1) is 17.3. The molecule has 0 aliphatic carbocycles. The summed E-state index contributed by atoms with van der Waals surface area (Å²) in [6.45, 7) is 5.27. The summed E-state index contributed by atoms with van der Waals surface area (Å²) in [6.07, 6.45) is 1.86. The molecule has 0 unspecified atom stereocenters. The lowest BCUT2D eigenvalue weighted by atomic mass is 10.1. The van der Waals surface area contributed by atoms with E-state index in [4.69, 9.17) is 9.47 Å². The summed E-state index contributed by atoms with van der Waals surface area (Å²) in [6, 6.07) is 8.13. The molecular formula is C16H27N3O2. The molecule has 0 aliphatic rings. The largest absolute Gasteiger partial charge is 0.497 e. The Bertz CT molecular complexity index is 422. The van der Waals surface area contributed by atoms with Crippen LogP contribution in [0, 0.1) is 0 Å². The highest BCUT2D eigenvalue weighted by molar-refractivity contribution is 5.79. The fraction of sp³-hybridized carbons (Fsp3) is 0.562. The molecule has 1 rings (SSSR count). The smallest absolute Gasteiger partial charge is 0.191 e. The van der Waals surface area contributed by atoms with Gasteiger partial charge >= 0.3 is 0 Å². The van der Waals surface area contributed by atoms with Crippen molar-refractivity contribution in [3.63, 3.8) is 0 Å². The van der Waals surface area contributed by atoms with Crippen LogP contribution >= 0.6 is 0 Å². The van der Waals surface area contributed by atoms with E-state index < -0.39 is 0 Å². The molecule has 0 saturated heterocycles. The first-order valence-corrected chi connectivity index (χ1v) is 7.44. The Balaban J connectivity index is 2.38. The van der Waals surface area contributed by atoms with E-state index in [1.165, 1.54) is 5.56 Å². The standard InChI is InChI=1S/C16H27N3O2/c1-4-17-16(18-10-6-12-20-2)19-11-9-14-7-5-8-15(13-14)21-3/h5,7-8,13H,4,6,9-12H2,1-3H3,(H2,17,18,19). The number of methoxy groups -OCH3 is 2. The number of guanidine groups is 1. The highest BCUT2D eigenvalue weighted by atomic mass is 16.5. The van der Waals surface area contributed by atoms with Crippen LogP contribution in [0.4, 0.5) is 0 Å². The van der Waals surface area contributed by atoms with Crippen LogP contribution in [-0.2, 0) is 11.2 Å². The Hall–Kier alpha value is -1.75. The van der Waals surface area contributed by atoms with E-state index in [0.29, 0.717) is 0 Å². The molecule has 0 heterocycles. The van der Waals surface area contributed by atoms with E-state index >= 15 is 0 Å². The average Bonchev–Trinajstić information content (AvgIpc) is 2.51. The van der Waals surface area contributed by atoms with Crippen LogP contribution in [0.5, 0.6) is 5.75 Å². The number of hydrogen-bond donors (Lipinski definition) is 2. The average molecular weight is 293 g/mol. The van der Waals surface area contributed by atoms with Crippen LogP contribution in [0.1, 0.15) is 18.9 Å². The van der Waals surface area contributed by atoms with Crippen molar-refractivity contribution < 1.29 is 9.47 Å². The van der Waals surface area contributed by atoms with Crippen molar-refractivity contribution in [1.29, 1.82) is 0 Å². The number of rotatable bonds is 9. The van der Waals surface area contributed by atoms with Gasteiger partial charge in [-0.1, -0.05) is 12.1 Å². The van der Waals surface area contributed by atoms with E-state index in [0.717, 1.165) is 50.8 Å². The zero-order chi connectivity index (χ0) is 15.3. The van der Waals surface area contributed by atoms with E-state index in [-0.39, 0.29) is 0 Å². The molecule has 2 N–H and O–H groups in total. The molecule has 0 fully saturated rings. The minimum Gasteiger partial charge on any atom is -0.497 e. The lowest BCUT2D eigenvalue weighted by molar-refractivity contribution is 0.197. The molecule has 0 aromatic heterocycles. The lowest BCUT2D eigenvalue weighted by Gasteiger charge is -2.11. The number of nitrogens with one attached hydrogen (secondary N) is 2. The predicted octanol–water partition coefficient (Wildman–Crippen LogP) is 1.83. The summed E-state index contributed by atoms with van der Waals surface area (Å²) in [5.41, 5.74) is 1.25. The molecule has 0 saturated carbocycles. The molecule has 0 amide bonds. The summed E-state index contributed by atoms with van der Waals surface area (Å²) in [4.78, 5) is 4.51. The molecule has 1 aromatic carbocycles. The van der Waals surface area contributed by atoms with Crippen molar-refractivity contribution in [2.75, 3.05) is 40.5 Å². The topological polar surface area (TPSA) is 54.9 Å². The van der Waals surface area contributed by atoms with E-state index in [1.54, 1.807) is 14.2 Å². The quantitative estimate of drug-likeness (QED) is 0.414. The van der Waals surface area contributed by atoms with Gasteiger partial charge in [0.05, 0.1) is 7.11 Å². The summed E-state index contributed by atoms with van der Waals surface area (Å²) in [7, 11) is 3.40. The highest BCUT2D eigenvalue weighted by Crippen LogP contribution is 2.12. The molecule has 118 valence electrons. The van der Waals surface area contributed by atoms with Crippen molar-refractivity contribution in [2.45, 2.75) is 19.8 Å². The fourth-order valence-electron chi connectivity index (χ4n) is 1.89. The molecule has 21 heavy (non-hydrogen) atoms. The minimum atomic E-state index is 0.743. The monoisotopic (exact) mass is 293 g/mol. The van der Waals surface area contributed by atoms with Crippen LogP contribution in [-0.4, -0.2) is 46.4 Å². The van der Waals surface area contributed by atoms with E-state index in [9.17, 15) is 0 Å². The van der Waals surface area contributed by atoms with Crippen molar-refractivity contribution in [3.8, 4) is 5.75 Å². The molecule has 5 nitrogen and oxygen atoms in total. The van der Waals surface area contributed by atoms with Crippen LogP contribution in [0.3, 0.4) is 0 Å². The normalized spacial score (nSPS) is 11.3. The lowest BCUT2D eigenvalue weighted by Crippen LogP contribution is -2.38. The Morgan fingerprint density at radius 1 is 1.24 bits per heavy atom. The second-order valence-corrected chi connectivity index (χ2v) is 4.64. The fourth-order valence-corrected chi connectivity index (χ4v) is 1.89. The predicted molar refractivity (Wildman–Crippen MR) is 87.2 cm³/mol. The van der Waals surface area contributed by atoms with Gasteiger partial charge in [-0.05, 0) is 37.5 Å². The maximum Gasteiger partial charge on any atom is 0.191 e. The van der Waals surface area contributed by atoms with Gasteiger partial charge in [-0.15, -0.1) is 0 Å². The number of benzene rings is 1. The first-order chi connectivity index (χ1) is 10.3. The third kappa shape index (κ3) is 7.56. The maximum absolute atomic E-state index is 5.23. The maximum atomic E-state index is 5.23. The van der Waals surface area contributed by atoms with Crippen molar-refractivity contribution in [2.24, 2.45) is 4.99 Å². The van der Waals surface area contributed by atoms with Gasteiger partial charge in [0.25, 0.3) is 0 Å². The van der Waals surface area contributed by atoms with Crippen LogP contribution in [0.15, 0.2) is 29.3 Å². The zero-order valence-corrected chi connectivity index (χ0v) is 13.3. The van der Waals surface area contributed by atoms with Gasteiger partial charge in [0.1, 0.15) is 5.75 Å². The van der Waals surface area contributed by atoms with Gasteiger partial charge in [0.2, 0.25) is 0 Å². The van der Waals surface area contributed by atoms with Gasteiger partial charge in [0.15, 0.2) is 5.96 Å². The van der Waals surface area contributed by atoms with Gasteiger partial charge in [-0.2, -0.15) is 0 Å². The number of nitrogens with zero attached hydrogens (tertiary/aromatic N) is 1. The summed E-state index contributed by atoms with van der Waals surface area (Å²) < 4.78 is 10.3. The van der Waals surface area contributed by atoms with Crippen LogP contribution in [0.2, 0.25) is 0 Å². The van der Waals surface area contributed by atoms with Crippen molar-refractivity contribution in [3.05, 3.63) is 29.8 Å². The Kier molecular flexibility index (Phi) is 9.04. The van der Waals surface area contributed by atoms with Gasteiger partial charge in [-0.25, -0.2) is 0 Å². The highest BCUT2D eigenvalue weighted by Gasteiger charge is 1.99. The zero-order valence-electron chi connectivity index (χ0n) is 13.3. The molecule has 0 atom stereocenters. The van der Waals surface area contributed by atoms with Gasteiger partial charge in [0, 0.05) is 33.4 Å². The SMILES string of the molecule is CCNC(=NCCCOC)NCCc1cccc(OC)c1. The van der Waals surface area contributed by atoms with Gasteiger partial charge < -0.3 is 20.1 Å². The molecule has 1 aromatic rings. The summed E-state index contributed by atoms with van der Waals surface area (Å²) in [5, 5.41) is 6.58. The van der Waals surface area contributed by atoms with E-state index in [1.807, 2.05) is 12.1 Å². The number of ether oxygens (including phenoxy) is 2. The third-order valence-corrected chi connectivity index (χ3v) is 2.96.